The number of quaternary nitrogens is 1. The molecule has 0 fully saturated rings. The minimum atomic E-state index is -1.08. The van der Waals surface area contributed by atoms with E-state index in [0.717, 1.165) is 6.92 Å². The molecule has 0 aliphatic heterocycles. The summed E-state index contributed by atoms with van der Waals surface area (Å²) in [5.41, 5.74) is 0. The molecule has 96 valence electrons. The highest BCUT2D eigenvalue weighted by atomic mass is 16.4. The lowest BCUT2D eigenvalue weighted by molar-refractivity contribution is -0.921. The SMILES string of the molecule is CC#N.CC(=O)[O-].CC[N+](CC)(CC)CC. The average Bonchev–Trinajstić information content (AvgIpc) is 2.22. The Labute approximate surface area is 100 Å². The van der Waals surface area contributed by atoms with Crippen molar-refractivity contribution in [3.05, 3.63) is 0 Å². The fraction of sp³-hybridized carbons (Fsp3) is 0.833. The lowest BCUT2D eigenvalue weighted by atomic mass is 10.3. The Morgan fingerprint density at radius 2 is 1.25 bits per heavy atom. The van der Waals surface area contributed by atoms with E-state index in [1.165, 1.54) is 37.6 Å². The summed E-state index contributed by atoms with van der Waals surface area (Å²) in [5, 5.41) is 16.2. The minimum Gasteiger partial charge on any atom is -0.550 e. The number of hydrogen-bond acceptors (Lipinski definition) is 3. The monoisotopic (exact) mass is 230 g/mol. The van der Waals surface area contributed by atoms with E-state index in [1.54, 1.807) is 6.07 Å². The first-order valence-corrected chi connectivity index (χ1v) is 5.73. The van der Waals surface area contributed by atoms with Gasteiger partial charge in [0.05, 0.1) is 32.2 Å². The summed E-state index contributed by atoms with van der Waals surface area (Å²) in [7, 11) is 0. The summed E-state index contributed by atoms with van der Waals surface area (Å²) in [5.74, 6) is -1.08. The predicted molar refractivity (Wildman–Crippen MR) is 64.4 cm³/mol. The van der Waals surface area contributed by atoms with Crippen molar-refractivity contribution in [2.45, 2.75) is 41.5 Å². The van der Waals surface area contributed by atoms with Crippen molar-refractivity contribution in [2.24, 2.45) is 0 Å². The fourth-order valence-electron chi connectivity index (χ4n) is 1.34. The van der Waals surface area contributed by atoms with Crippen molar-refractivity contribution in [3.8, 4) is 6.07 Å². The van der Waals surface area contributed by atoms with Crippen LogP contribution in [-0.2, 0) is 4.79 Å². The summed E-state index contributed by atoms with van der Waals surface area (Å²) in [6, 6.07) is 1.75. The lowest BCUT2D eigenvalue weighted by Gasteiger charge is -2.34. The quantitative estimate of drug-likeness (QED) is 0.681. The molecule has 0 aliphatic carbocycles. The fourth-order valence-corrected chi connectivity index (χ4v) is 1.34. The normalized spacial score (nSPS) is 8.81. The smallest absolute Gasteiger partial charge is 0.0757 e. The summed E-state index contributed by atoms with van der Waals surface area (Å²) in [6.07, 6.45) is 0. The zero-order valence-electron chi connectivity index (χ0n) is 11.5. The minimum absolute atomic E-state index is 0.972. The zero-order chi connectivity index (χ0) is 13.6. The number of carboxylic acids is 1. The first kappa shape index (κ1) is 20.3. The number of hydrogen-bond donors (Lipinski definition) is 0. The molecule has 0 amide bonds. The molecule has 0 atom stereocenters. The number of carbonyl (C=O) groups is 1. The maximum atomic E-state index is 8.89. The van der Waals surface area contributed by atoms with Crippen LogP contribution in [0.15, 0.2) is 0 Å². The van der Waals surface area contributed by atoms with Crippen LogP contribution in [0, 0.1) is 11.3 Å². The van der Waals surface area contributed by atoms with Gasteiger partial charge in [-0.25, -0.2) is 0 Å². The van der Waals surface area contributed by atoms with Crippen LogP contribution in [0.4, 0.5) is 0 Å². The largest absolute Gasteiger partial charge is 0.550 e. The molecule has 0 aromatic rings. The second-order valence-electron chi connectivity index (χ2n) is 3.32. The van der Waals surface area contributed by atoms with E-state index in [4.69, 9.17) is 15.2 Å². The van der Waals surface area contributed by atoms with E-state index in [-0.39, 0.29) is 0 Å². The standard InChI is InChI=1S/C8H20N.C2H3N.C2H4O2/c1-5-9(6-2,7-3)8-4;1-2-3;1-2(3)4/h5-8H2,1-4H3;1H3;1H3,(H,3,4)/q+1;;/p-1. The van der Waals surface area contributed by atoms with E-state index in [2.05, 4.69) is 27.7 Å². The topological polar surface area (TPSA) is 63.9 Å². The molecule has 0 radical (unpaired) electrons. The third-order valence-corrected chi connectivity index (χ3v) is 2.68. The third-order valence-electron chi connectivity index (χ3n) is 2.68. The van der Waals surface area contributed by atoms with E-state index in [0.29, 0.717) is 0 Å². The second-order valence-corrected chi connectivity index (χ2v) is 3.32. The molecule has 4 nitrogen and oxygen atoms in total. The molecule has 0 bridgehead atoms. The van der Waals surface area contributed by atoms with Crippen LogP contribution >= 0.6 is 0 Å². The lowest BCUT2D eigenvalue weighted by Crippen LogP contribution is -2.47. The highest BCUT2D eigenvalue weighted by molar-refractivity contribution is 5.60. The first-order chi connectivity index (χ1) is 7.39. The van der Waals surface area contributed by atoms with Gasteiger partial charge in [-0.15, -0.1) is 0 Å². The molecule has 0 spiro atoms. The third kappa shape index (κ3) is 15.4. The molecule has 4 heteroatoms. The molecule has 0 rings (SSSR count). The summed E-state index contributed by atoms with van der Waals surface area (Å²) >= 11 is 0. The molecule has 0 unspecified atom stereocenters. The van der Waals surface area contributed by atoms with Gasteiger partial charge in [-0.3, -0.25) is 0 Å². The van der Waals surface area contributed by atoms with Gasteiger partial charge in [-0.05, 0) is 34.6 Å². The van der Waals surface area contributed by atoms with Crippen LogP contribution < -0.4 is 5.11 Å². The highest BCUT2D eigenvalue weighted by Crippen LogP contribution is 2.03. The van der Waals surface area contributed by atoms with Crippen molar-refractivity contribution < 1.29 is 14.4 Å². The summed E-state index contributed by atoms with van der Waals surface area (Å²) in [6.45, 7) is 16.6. The molecule has 0 aliphatic rings. The Kier molecular flexibility index (Phi) is 17.7. The van der Waals surface area contributed by atoms with Crippen molar-refractivity contribution in [1.29, 1.82) is 5.26 Å². The zero-order valence-corrected chi connectivity index (χ0v) is 11.5. The Morgan fingerprint density at radius 3 is 1.25 bits per heavy atom. The number of rotatable bonds is 4. The summed E-state index contributed by atoms with van der Waals surface area (Å²) < 4.78 is 1.28. The van der Waals surface area contributed by atoms with Crippen molar-refractivity contribution in [2.75, 3.05) is 26.2 Å². The van der Waals surface area contributed by atoms with Crippen molar-refractivity contribution in [3.63, 3.8) is 0 Å². The molecule has 16 heavy (non-hydrogen) atoms. The van der Waals surface area contributed by atoms with Gasteiger partial charge >= 0.3 is 0 Å². The number of nitriles is 1. The summed E-state index contributed by atoms with van der Waals surface area (Å²) in [4.78, 5) is 8.89. The number of aliphatic carboxylic acids is 1. The maximum absolute atomic E-state index is 8.89. The Hall–Kier alpha value is -1.08. The molecule has 0 saturated carbocycles. The van der Waals surface area contributed by atoms with Gasteiger partial charge < -0.3 is 14.4 Å². The number of carbonyl (C=O) groups excluding carboxylic acids is 1. The first-order valence-electron chi connectivity index (χ1n) is 5.73. The molecule has 0 N–H and O–H groups in total. The van der Waals surface area contributed by atoms with E-state index in [9.17, 15) is 0 Å². The molecular weight excluding hydrogens is 204 g/mol. The molecule has 0 aromatic carbocycles. The Balaban J connectivity index is -0.000000201. The number of nitrogens with zero attached hydrogens (tertiary/aromatic N) is 2. The Morgan fingerprint density at radius 1 is 1.12 bits per heavy atom. The Bertz CT molecular complexity index is 172. The van der Waals surface area contributed by atoms with Crippen LogP contribution in [0.5, 0.6) is 0 Å². The van der Waals surface area contributed by atoms with Gasteiger partial charge in [-0.1, -0.05) is 0 Å². The van der Waals surface area contributed by atoms with Crippen LogP contribution in [0.3, 0.4) is 0 Å². The van der Waals surface area contributed by atoms with Crippen molar-refractivity contribution in [1.82, 2.24) is 0 Å². The molecule has 0 saturated heterocycles. The van der Waals surface area contributed by atoms with Crippen LogP contribution in [-0.4, -0.2) is 36.6 Å². The highest BCUT2D eigenvalue weighted by Gasteiger charge is 2.16. The molecule has 0 aromatic heterocycles. The average molecular weight is 230 g/mol. The number of carboxylic acid groups (broad SMARTS) is 1. The van der Waals surface area contributed by atoms with Crippen molar-refractivity contribution >= 4 is 5.97 Å². The van der Waals surface area contributed by atoms with Gasteiger partial charge in [0, 0.05) is 12.9 Å². The van der Waals surface area contributed by atoms with Crippen LogP contribution in [0.1, 0.15) is 41.5 Å². The van der Waals surface area contributed by atoms with E-state index in [1.807, 2.05) is 0 Å². The van der Waals surface area contributed by atoms with Crippen LogP contribution in [0.25, 0.3) is 0 Å². The van der Waals surface area contributed by atoms with Gasteiger partial charge in [-0.2, -0.15) is 5.26 Å². The van der Waals surface area contributed by atoms with Crippen LogP contribution in [0.2, 0.25) is 0 Å². The van der Waals surface area contributed by atoms with Gasteiger partial charge in [0.2, 0.25) is 0 Å². The van der Waals surface area contributed by atoms with Gasteiger partial charge in [0.25, 0.3) is 0 Å². The molecule has 0 heterocycles. The maximum Gasteiger partial charge on any atom is 0.0757 e. The molecular formula is C12H26N2O2. The van der Waals surface area contributed by atoms with E-state index >= 15 is 0 Å². The van der Waals surface area contributed by atoms with Gasteiger partial charge in [0.1, 0.15) is 0 Å². The van der Waals surface area contributed by atoms with E-state index < -0.39 is 5.97 Å². The van der Waals surface area contributed by atoms with Gasteiger partial charge in [0.15, 0.2) is 0 Å². The predicted octanol–water partition coefficient (Wildman–Crippen LogP) is 1.17. The second kappa shape index (κ2) is 13.9.